The summed E-state index contributed by atoms with van der Waals surface area (Å²) >= 11 is 0. The fraction of sp³-hybridized carbons (Fsp3) is 0.263. The number of anilines is 1. The number of nitro benzene ring substituents is 1. The van der Waals surface area contributed by atoms with Gasteiger partial charge in [0.1, 0.15) is 13.3 Å². The standard InChI is InChI=1S/C19H21N4O2/c1-19(2)16-7-5-6-8-17(16)21(3)18(19)13-20-22(4)14-9-11-15(12-10-14)23(24)25/h5-13H,1-4H3/q+1. The predicted octanol–water partition coefficient (Wildman–Crippen LogP) is 3.72. The highest BCUT2D eigenvalue weighted by atomic mass is 16.6. The van der Waals surface area contributed by atoms with Crippen molar-refractivity contribution in [2.45, 2.75) is 19.3 Å². The summed E-state index contributed by atoms with van der Waals surface area (Å²) in [5.74, 6) is 0. The summed E-state index contributed by atoms with van der Waals surface area (Å²) in [6.45, 7) is 4.37. The van der Waals surface area contributed by atoms with Crippen molar-refractivity contribution in [2.24, 2.45) is 5.10 Å². The first-order valence-corrected chi connectivity index (χ1v) is 8.05. The van der Waals surface area contributed by atoms with E-state index < -0.39 is 4.92 Å². The molecular weight excluding hydrogens is 316 g/mol. The lowest BCUT2D eigenvalue weighted by Crippen LogP contribution is -2.30. The van der Waals surface area contributed by atoms with Crippen molar-refractivity contribution in [1.29, 1.82) is 0 Å². The Hall–Kier alpha value is -3.02. The maximum absolute atomic E-state index is 10.8. The predicted molar refractivity (Wildman–Crippen MR) is 100 cm³/mol. The van der Waals surface area contributed by atoms with Crippen molar-refractivity contribution in [1.82, 2.24) is 0 Å². The molecule has 25 heavy (non-hydrogen) atoms. The van der Waals surface area contributed by atoms with Crippen molar-refractivity contribution >= 4 is 29.0 Å². The quantitative estimate of drug-likeness (QED) is 0.370. The molecule has 0 atom stereocenters. The molecule has 1 aliphatic rings. The molecule has 0 saturated heterocycles. The Morgan fingerprint density at radius 3 is 2.40 bits per heavy atom. The van der Waals surface area contributed by atoms with Gasteiger partial charge in [-0.05, 0) is 26.0 Å². The number of fused-ring (bicyclic) bond motifs is 1. The third-order valence-corrected chi connectivity index (χ3v) is 4.73. The van der Waals surface area contributed by atoms with Crippen molar-refractivity contribution in [2.75, 3.05) is 19.1 Å². The molecule has 128 valence electrons. The molecule has 1 heterocycles. The highest BCUT2D eigenvalue weighted by Crippen LogP contribution is 2.38. The summed E-state index contributed by atoms with van der Waals surface area (Å²) in [5.41, 5.74) is 4.29. The summed E-state index contributed by atoms with van der Waals surface area (Å²) in [6, 6.07) is 14.7. The molecule has 1 aliphatic heterocycles. The van der Waals surface area contributed by atoms with Crippen molar-refractivity contribution < 1.29 is 9.50 Å². The maximum Gasteiger partial charge on any atom is 0.269 e. The smallest absolute Gasteiger partial charge is 0.268 e. The molecule has 0 radical (unpaired) electrons. The van der Waals surface area contributed by atoms with Gasteiger partial charge in [-0.3, -0.25) is 15.1 Å². The van der Waals surface area contributed by atoms with E-state index in [-0.39, 0.29) is 11.1 Å². The number of benzene rings is 2. The van der Waals surface area contributed by atoms with Crippen LogP contribution in [0, 0.1) is 10.1 Å². The molecule has 3 rings (SSSR count). The zero-order chi connectivity index (χ0) is 18.2. The lowest BCUT2D eigenvalue weighted by molar-refractivity contribution is -0.400. The molecule has 0 bridgehead atoms. The summed E-state index contributed by atoms with van der Waals surface area (Å²) in [6.07, 6.45) is 1.86. The van der Waals surface area contributed by atoms with Gasteiger partial charge in [0.2, 0.25) is 11.4 Å². The molecule has 0 N–H and O–H groups in total. The first-order chi connectivity index (χ1) is 11.8. The molecule has 2 aromatic rings. The second kappa shape index (κ2) is 6.12. The van der Waals surface area contributed by atoms with Gasteiger partial charge in [0.05, 0.1) is 16.0 Å². The van der Waals surface area contributed by atoms with Crippen LogP contribution >= 0.6 is 0 Å². The monoisotopic (exact) mass is 337 g/mol. The van der Waals surface area contributed by atoms with E-state index >= 15 is 0 Å². The molecule has 0 amide bonds. The van der Waals surface area contributed by atoms with Gasteiger partial charge in [0, 0.05) is 30.8 Å². The van der Waals surface area contributed by atoms with E-state index in [9.17, 15) is 10.1 Å². The van der Waals surface area contributed by atoms with Gasteiger partial charge in [0.15, 0.2) is 0 Å². The fourth-order valence-electron chi connectivity index (χ4n) is 3.23. The molecule has 0 unspecified atom stereocenters. The van der Waals surface area contributed by atoms with Crippen LogP contribution in [0.2, 0.25) is 0 Å². The van der Waals surface area contributed by atoms with Gasteiger partial charge < -0.3 is 0 Å². The SMILES string of the molecule is CN(/N=C/C1=[N+](C)c2ccccc2C1(C)C)c1ccc([N+](=O)[O-])cc1. The number of nitrogens with zero attached hydrogens (tertiary/aromatic N) is 4. The lowest BCUT2D eigenvalue weighted by atomic mass is 9.82. The van der Waals surface area contributed by atoms with Gasteiger partial charge >= 0.3 is 0 Å². The molecule has 2 aromatic carbocycles. The number of rotatable bonds is 4. The number of non-ortho nitro benzene ring substituents is 1. The van der Waals surface area contributed by atoms with Crippen LogP contribution in [0.4, 0.5) is 17.1 Å². The lowest BCUT2D eigenvalue weighted by Gasteiger charge is -2.16. The van der Waals surface area contributed by atoms with Gasteiger partial charge in [-0.2, -0.15) is 9.68 Å². The van der Waals surface area contributed by atoms with Crippen LogP contribution in [0.25, 0.3) is 0 Å². The van der Waals surface area contributed by atoms with Crippen molar-refractivity contribution in [3.63, 3.8) is 0 Å². The fourth-order valence-corrected chi connectivity index (χ4v) is 3.23. The number of hydrogen-bond donors (Lipinski definition) is 0. The highest BCUT2D eigenvalue weighted by Gasteiger charge is 2.43. The average molecular weight is 337 g/mol. The summed E-state index contributed by atoms with van der Waals surface area (Å²) in [5, 5.41) is 17.0. The third-order valence-electron chi connectivity index (χ3n) is 4.73. The molecule has 0 aromatic heterocycles. The zero-order valence-corrected chi connectivity index (χ0v) is 14.8. The van der Waals surface area contributed by atoms with Gasteiger partial charge in [-0.1, -0.05) is 18.2 Å². The number of hydrogen-bond acceptors (Lipinski definition) is 4. The van der Waals surface area contributed by atoms with Crippen LogP contribution in [0.3, 0.4) is 0 Å². The van der Waals surface area contributed by atoms with Crippen LogP contribution in [0.5, 0.6) is 0 Å². The molecule has 0 spiro atoms. The number of para-hydroxylation sites is 1. The van der Waals surface area contributed by atoms with E-state index in [1.165, 1.54) is 23.4 Å². The maximum atomic E-state index is 10.8. The van der Waals surface area contributed by atoms with Gasteiger partial charge in [-0.15, -0.1) is 0 Å². The van der Waals surface area contributed by atoms with Crippen LogP contribution in [-0.2, 0) is 5.41 Å². The van der Waals surface area contributed by atoms with Gasteiger partial charge in [0.25, 0.3) is 5.69 Å². The average Bonchev–Trinajstić information content (AvgIpc) is 2.80. The third kappa shape index (κ3) is 2.91. The van der Waals surface area contributed by atoms with Crippen molar-refractivity contribution in [3.8, 4) is 0 Å². The Morgan fingerprint density at radius 1 is 1.16 bits per heavy atom. The largest absolute Gasteiger partial charge is 0.269 e. The summed E-state index contributed by atoms with van der Waals surface area (Å²) in [4.78, 5) is 10.3. The summed E-state index contributed by atoms with van der Waals surface area (Å²) in [7, 11) is 3.87. The minimum absolute atomic E-state index is 0.0719. The van der Waals surface area contributed by atoms with Gasteiger partial charge in [-0.25, -0.2) is 0 Å². The van der Waals surface area contributed by atoms with E-state index in [1.54, 1.807) is 17.1 Å². The van der Waals surface area contributed by atoms with Crippen LogP contribution < -0.4 is 5.01 Å². The molecule has 0 saturated carbocycles. The van der Waals surface area contributed by atoms with E-state index in [1.807, 2.05) is 26.4 Å². The zero-order valence-electron chi connectivity index (χ0n) is 14.8. The number of hydrazone groups is 1. The molecule has 0 aliphatic carbocycles. The second-order valence-corrected chi connectivity index (χ2v) is 6.63. The Balaban J connectivity index is 1.87. The second-order valence-electron chi connectivity index (χ2n) is 6.63. The first kappa shape index (κ1) is 16.8. The Bertz CT molecular complexity index is 883. The van der Waals surface area contributed by atoms with E-state index in [0.717, 1.165) is 11.4 Å². The first-order valence-electron chi connectivity index (χ1n) is 8.05. The van der Waals surface area contributed by atoms with Crippen LogP contribution in [0.1, 0.15) is 19.4 Å². The van der Waals surface area contributed by atoms with Crippen molar-refractivity contribution in [3.05, 3.63) is 64.2 Å². The van der Waals surface area contributed by atoms with E-state index in [2.05, 4.69) is 41.7 Å². The highest BCUT2D eigenvalue weighted by molar-refractivity contribution is 6.33. The Morgan fingerprint density at radius 2 is 1.80 bits per heavy atom. The van der Waals surface area contributed by atoms with E-state index in [4.69, 9.17) is 0 Å². The minimum atomic E-state index is -0.407. The van der Waals surface area contributed by atoms with Crippen LogP contribution in [-0.4, -0.2) is 35.5 Å². The molecule has 6 nitrogen and oxygen atoms in total. The normalized spacial score (nSPS) is 15.5. The van der Waals surface area contributed by atoms with Crippen LogP contribution in [0.15, 0.2) is 53.6 Å². The molecule has 0 fully saturated rings. The minimum Gasteiger partial charge on any atom is -0.268 e. The number of nitro groups is 1. The molecular formula is C19H21N4O2+. The summed E-state index contributed by atoms with van der Waals surface area (Å²) < 4.78 is 2.16. The van der Waals surface area contributed by atoms with E-state index in [0.29, 0.717) is 0 Å². The molecule has 6 heteroatoms. The topological polar surface area (TPSA) is 61.8 Å². The Labute approximate surface area is 146 Å². The Kier molecular flexibility index (Phi) is 4.12.